The summed E-state index contributed by atoms with van der Waals surface area (Å²) in [6, 6.07) is 3.54. The maximum absolute atomic E-state index is 10.6. The lowest BCUT2D eigenvalue weighted by Gasteiger charge is -2.22. The van der Waals surface area contributed by atoms with E-state index in [-0.39, 0.29) is 6.42 Å². The van der Waals surface area contributed by atoms with Crippen molar-refractivity contribution in [1.82, 2.24) is 0 Å². The summed E-state index contributed by atoms with van der Waals surface area (Å²) in [5.74, 6) is 1.05. The van der Waals surface area contributed by atoms with Crippen LogP contribution in [0.15, 0.2) is 12.1 Å². The van der Waals surface area contributed by atoms with Crippen LogP contribution in [0.25, 0.3) is 0 Å². The van der Waals surface area contributed by atoms with Gasteiger partial charge in [0.2, 0.25) is 0 Å². The van der Waals surface area contributed by atoms with Gasteiger partial charge < -0.3 is 19.3 Å². The Kier molecular flexibility index (Phi) is 3.37. The van der Waals surface area contributed by atoms with Crippen molar-refractivity contribution in [3.8, 4) is 17.2 Å². The van der Waals surface area contributed by atoms with Gasteiger partial charge in [-0.25, -0.2) is 0 Å². The minimum absolute atomic E-state index is 0.0379. The molecule has 5 nitrogen and oxygen atoms in total. The minimum Gasteiger partial charge on any atom is -0.496 e. The number of carboxylic acids is 1. The van der Waals surface area contributed by atoms with Crippen LogP contribution in [-0.2, 0) is 11.2 Å². The number of hydrogen-bond donors (Lipinski definition) is 1. The highest BCUT2D eigenvalue weighted by Crippen LogP contribution is 2.39. The van der Waals surface area contributed by atoms with Crippen molar-refractivity contribution in [2.75, 3.05) is 20.3 Å². The number of carboxylic acid groups (broad SMARTS) is 1. The molecule has 1 heterocycles. The predicted octanol–water partition coefficient (Wildman–Crippen LogP) is 1.48. The topological polar surface area (TPSA) is 65.0 Å². The van der Waals surface area contributed by atoms with Gasteiger partial charge in [0, 0.05) is 12.0 Å². The predicted molar refractivity (Wildman–Crippen MR) is 59.9 cm³/mol. The number of methoxy groups -OCH3 is 1. The summed E-state index contributed by atoms with van der Waals surface area (Å²) in [4.78, 5) is 10.6. The second-order valence-corrected chi connectivity index (χ2v) is 3.66. The molecule has 0 unspecified atom stereocenters. The number of fused-ring (bicyclic) bond motifs is 1. The smallest absolute Gasteiger partial charge is 0.303 e. The van der Waals surface area contributed by atoms with Crippen molar-refractivity contribution in [3.05, 3.63) is 17.7 Å². The van der Waals surface area contributed by atoms with Crippen LogP contribution in [0.5, 0.6) is 17.2 Å². The summed E-state index contributed by atoms with van der Waals surface area (Å²) in [5.41, 5.74) is 0.757. The van der Waals surface area contributed by atoms with E-state index in [2.05, 4.69) is 0 Å². The Morgan fingerprint density at radius 2 is 2.18 bits per heavy atom. The van der Waals surface area contributed by atoms with Crippen molar-refractivity contribution in [2.45, 2.75) is 12.8 Å². The van der Waals surface area contributed by atoms with E-state index in [0.717, 1.165) is 5.56 Å². The zero-order chi connectivity index (χ0) is 12.3. The maximum atomic E-state index is 10.6. The van der Waals surface area contributed by atoms with Gasteiger partial charge in [-0.05, 0) is 18.6 Å². The maximum Gasteiger partial charge on any atom is 0.303 e. The molecule has 0 saturated heterocycles. The minimum atomic E-state index is -0.846. The van der Waals surface area contributed by atoms with E-state index in [4.69, 9.17) is 19.3 Å². The molecule has 0 amide bonds. The van der Waals surface area contributed by atoms with E-state index in [1.54, 1.807) is 19.2 Å². The summed E-state index contributed by atoms with van der Waals surface area (Å²) in [7, 11) is 1.55. The summed E-state index contributed by atoms with van der Waals surface area (Å²) < 4.78 is 16.2. The first-order valence-electron chi connectivity index (χ1n) is 5.39. The van der Waals surface area contributed by atoms with Crippen LogP contribution in [0.2, 0.25) is 0 Å². The normalized spacial score (nSPS) is 13.2. The third kappa shape index (κ3) is 2.43. The van der Waals surface area contributed by atoms with Crippen LogP contribution >= 0.6 is 0 Å². The van der Waals surface area contributed by atoms with Gasteiger partial charge in [0.25, 0.3) is 0 Å². The van der Waals surface area contributed by atoms with Gasteiger partial charge in [-0.2, -0.15) is 0 Å². The first kappa shape index (κ1) is 11.6. The van der Waals surface area contributed by atoms with E-state index < -0.39 is 5.97 Å². The third-order valence-electron chi connectivity index (χ3n) is 2.58. The monoisotopic (exact) mass is 238 g/mol. The standard InChI is InChI=1S/C12H14O5/c1-15-9-3-4-10-12(17-7-6-16-10)8(9)2-5-11(13)14/h3-4H,2,5-7H2,1H3,(H,13,14). The molecule has 0 spiro atoms. The number of ether oxygens (including phenoxy) is 3. The Bertz CT molecular complexity index is 427. The molecule has 0 radical (unpaired) electrons. The van der Waals surface area contributed by atoms with Crippen molar-refractivity contribution < 1.29 is 24.1 Å². The molecule has 0 fully saturated rings. The quantitative estimate of drug-likeness (QED) is 0.860. The van der Waals surface area contributed by atoms with E-state index >= 15 is 0 Å². The summed E-state index contributed by atoms with van der Waals surface area (Å²) in [6.45, 7) is 0.984. The Morgan fingerprint density at radius 3 is 2.88 bits per heavy atom. The second-order valence-electron chi connectivity index (χ2n) is 3.66. The fourth-order valence-electron chi connectivity index (χ4n) is 1.82. The number of aliphatic carboxylic acids is 1. The van der Waals surface area contributed by atoms with Crippen LogP contribution in [0.1, 0.15) is 12.0 Å². The van der Waals surface area contributed by atoms with E-state index in [9.17, 15) is 4.79 Å². The summed E-state index contributed by atoms with van der Waals surface area (Å²) >= 11 is 0. The Labute approximate surface area is 98.9 Å². The van der Waals surface area contributed by atoms with Gasteiger partial charge in [-0.3, -0.25) is 4.79 Å². The SMILES string of the molecule is COc1ccc2c(c1CCC(=O)O)OCCO2. The average molecular weight is 238 g/mol. The molecular weight excluding hydrogens is 224 g/mol. The average Bonchev–Trinajstić information content (AvgIpc) is 2.35. The van der Waals surface area contributed by atoms with Crippen LogP contribution in [0.3, 0.4) is 0 Å². The molecule has 0 bridgehead atoms. The highest BCUT2D eigenvalue weighted by atomic mass is 16.6. The molecular formula is C12H14O5. The zero-order valence-corrected chi connectivity index (χ0v) is 9.56. The van der Waals surface area contributed by atoms with Crippen LogP contribution in [0, 0.1) is 0 Å². The summed E-state index contributed by atoms with van der Waals surface area (Å²) in [5, 5.41) is 8.73. The first-order valence-corrected chi connectivity index (χ1v) is 5.39. The third-order valence-corrected chi connectivity index (χ3v) is 2.58. The van der Waals surface area contributed by atoms with E-state index in [1.807, 2.05) is 0 Å². The molecule has 1 aliphatic heterocycles. The molecule has 0 saturated carbocycles. The fourth-order valence-corrected chi connectivity index (χ4v) is 1.82. The summed E-state index contributed by atoms with van der Waals surface area (Å²) in [6.07, 6.45) is 0.404. The van der Waals surface area contributed by atoms with Gasteiger partial charge in [-0.1, -0.05) is 0 Å². The lowest BCUT2D eigenvalue weighted by molar-refractivity contribution is -0.136. The van der Waals surface area contributed by atoms with Gasteiger partial charge >= 0.3 is 5.97 Å². The largest absolute Gasteiger partial charge is 0.496 e. The Morgan fingerprint density at radius 1 is 1.41 bits per heavy atom. The van der Waals surface area contributed by atoms with Gasteiger partial charge in [0.05, 0.1) is 7.11 Å². The van der Waals surface area contributed by atoms with Crippen LogP contribution in [0.4, 0.5) is 0 Å². The van der Waals surface area contributed by atoms with Crippen molar-refractivity contribution >= 4 is 5.97 Å². The molecule has 17 heavy (non-hydrogen) atoms. The van der Waals surface area contributed by atoms with Crippen LogP contribution < -0.4 is 14.2 Å². The molecule has 2 rings (SSSR count). The molecule has 1 N–H and O–H groups in total. The number of hydrogen-bond acceptors (Lipinski definition) is 4. The highest BCUT2D eigenvalue weighted by molar-refractivity contribution is 5.68. The molecule has 0 atom stereocenters. The second kappa shape index (κ2) is 4.95. The van der Waals surface area contributed by atoms with Gasteiger partial charge in [0.15, 0.2) is 11.5 Å². The number of benzene rings is 1. The molecule has 5 heteroatoms. The van der Waals surface area contributed by atoms with Gasteiger partial charge in [0.1, 0.15) is 19.0 Å². The molecule has 92 valence electrons. The lowest BCUT2D eigenvalue weighted by atomic mass is 10.1. The molecule has 0 aliphatic carbocycles. The lowest BCUT2D eigenvalue weighted by Crippen LogP contribution is -2.17. The van der Waals surface area contributed by atoms with Crippen molar-refractivity contribution in [3.63, 3.8) is 0 Å². The number of carbonyl (C=O) groups is 1. The highest BCUT2D eigenvalue weighted by Gasteiger charge is 2.20. The van der Waals surface area contributed by atoms with E-state index in [0.29, 0.717) is 36.9 Å². The first-order chi connectivity index (χ1) is 8.22. The molecule has 0 aromatic heterocycles. The number of rotatable bonds is 4. The van der Waals surface area contributed by atoms with Crippen molar-refractivity contribution in [1.29, 1.82) is 0 Å². The Hall–Kier alpha value is -1.91. The molecule has 1 aromatic rings. The van der Waals surface area contributed by atoms with Crippen LogP contribution in [-0.4, -0.2) is 31.4 Å². The zero-order valence-electron chi connectivity index (χ0n) is 9.56. The van der Waals surface area contributed by atoms with E-state index in [1.165, 1.54) is 0 Å². The molecule has 1 aliphatic rings. The fraction of sp³-hybridized carbons (Fsp3) is 0.417. The Balaban J connectivity index is 2.34. The van der Waals surface area contributed by atoms with Crippen molar-refractivity contribution in [2.24, 2.45) is 0 Å². The van der Waals surface area contributed by atoms with Gasteiger partial charge in [-0.15, -0.1) is 0 Å². The molecule has 1 aromatic carbocycles.